The number of fused-ring (bicyclic) bond motifs is 1. The van der Waals surface area contributed by atoms with Gasteiger partial charge in [-0.2, -0.15) is 0 Å². The molecule has 4 rings (SSSR count). The average Bonchev–Trinajstić information content (AvgIpc) is 2.90. The molecular weight excluding hydrogens is 459 g/mol. The molecule has 0 saturated carbocycles. The van der Waals surface area contributed by atoms with Gasteiger partial charge in [0.2, 0.25) is 6.17 Å². The standard InChI is InChI=1S/C24H21FN4O4S/c1-29-20-10-6-4-8-18(20)21(17-7-3-5-9-19(17)25)27-22(23(29)30)28-24(31)26-15-11-13-16(14-12-15)34(2,32)33/h3-14,22H,1-2H3,(H2,26,28,31). The van der Waals surface area contributed by atoms with Crippen LogP contribution in [0.1, 0.15) is 11.1 Å². The van der Waals surface area contributed by atoms with Crippen LogP contribution < -0.4 is 15.5 Å². The number of carbonyl (C=O) groups is 2. The number of nitrogens with one attached hydrogen (secondary N) is 2. The van der Waals surface area contributed by atoms with Crippen molar-refractivity contribution in [2.45, 2.75) is 11.1 Å². The van der Waals surface area contributed by atoms with Gasteiger partial charge in [-0.05, 0) is 42.5 Å². The number of aliphatic imine (C=N–C) groups is 1. The number of likely N-dealkylation sites (N-methyl/N-ethyl adjacent to an activating group) is 1. The lowest BCUT2D eigenvalue weighted by Crippen LogP contribution is -2.47. The molecule has 0 radical (unpaired) electrons. The first kappa shape index (κ1) is 23.1. The highest BCUT2D eigenvalue weighted by Crippen LogP contribution is 2.28. The van der Waals surface area contributed by atoms with Crippen molar-refractivity contribution in [3.63, 3.8) is 0 Å². The predicted molar refractivity (Wildman–Crippen MR) is 127 cm³/mol. The third kappa shape index (κ3) is 4.67. The van der Waals surface area contributed by atoms with Gasteiger partial charge in [0.1, 0.15) is 5.82 Å². The highest BCUT2D eigenvalue weighted by molar-refractivity contribution is 7.90. The molecule has 3 aromatic carbocycles. The van der Waals surface area contributed by atoms with E-state index in [1.54, 1.807) is 49.5 Å². The molecule has 0 aliphatic carbocycles. The summed E-state index contributed by atoms with van der Waals surface area (Å²) in [5.41, 5.74) is 1.82. The molecule has 0 bridgehead atoms. The Labute approximate surface area is 196 Å². The number of anilines is 2. The van der Waals surface area contributed by atoms with E-state index in [-0.39, 0.29) is 16.2 Å². The van der Waals surface area contributed by atoms with Crippen LogP contribution in [0.4, 0.5) is 20.6 Å². The summed E-state index contributed by atoms with van der Waals surface area (Å²) >= 11 is 0. The summed E-state index contributed by atoms with van der Waals surface area (Å²) in [6, 6.07) is 17.9. The number of carbonyl (C=O) groups excluding carboxylic acids is 2. The summed E-state index contributed by atoms with van der Waals surface area (Å²) in [7, 11) is -1.82. The fraction of sp³-hybridized carbons (Fsp3) is 0.125. The van der Waals surface area contributed by atoms with Crippen LogP contribution in [0.25, 0.3) is 0 Å². The van der Waals surface area contributed by atoms with E-state index in [9.17, 15) is 22.4 Å². The van der Waals surface area contributed by atoms with Gasteiger partial charge in [0.25, 0.3) is 5.91 Å². The summed E-state index contributed by atoms with van der Waals surface area (Å²) < 4.78 is 37.9. The fourth-order valence-electron chi connectivity index (χ4n) is 3.56. The van der Waals surface area contributed by atoms with Crippen LogP contribution in [0.15, 0.2) is 82.7 Å². The zero-order valence-electron chi connectivity index (χ0n) is 18.3. The van der Waals surface area contributed by atoms with E-state index in [1.807, 2.05) is 0 Å². The quantitative estimate of drug-likeness (QED) is 0.598. The SMILES string of the molecule is CN1C(=O)C(NC(=O)Nc2ccc(S(C)(=O)=O)cc2)N=C(c2ccccc2F)c2ccccc21. The van der Waals surface area contributed by atoms with Gasteiger partial charge >= 0.3 is 6.03 Å². The molecule has 34 heavy (non-hydrogen) atoms. The van der Waals surface area contributed by atoms with E-state index in [0.717, 1.165) is 6.26 Å². The van der Waals surface area contributed by atoms with E-state index in [2.05, 4.69) is 15.6 Å². The molecule has 1 atom stereocenters. The van der Waals surface area contributed by atoms with Crippen LogP contribution in [-0.4, -0.2) is 45.5 Å². The molecule has 0 spiro atoms. The van der Waals surface area contributed by atoms with E-state index in [0.29, 0.717) is 16.9 Å². The maximum atomic E-state index is 14.7. The zero-order chi connectivity index (χ0) is 24.5. The zero-order valence-corrected chi connectivity index (χ0v) is 19.1. The second kappa shape index (κ2) is 9.06. The Morgan fingerprint density at radius 1 is 0.971 bits per heavy atom. The number of benzene rings is 3. The van der Waals surface area contributed by atoms with Gasteiger partial charge in [0, 0.05) is 30.1 Å². The number of sulfone groups is 1. The minimum Gasteiger partial charge on any atom is -0.311 e. The molecule has 10 heteroatoms. The van der Waals surface area contributed by atoms with Gasteiger partial charge in [0.15, 0.2) is 9.84 Å². The van der Waals surface area contributed by atoms with Crippen LogP contribution in [0.5, 0.6) is 0 Å². The van der Waals surface area contributed by atoms with E-state index in [1.165, 1.54) is 35.2 Å². The molecule has 1 aliphatic heterocycles. The lowest BCUT2D eigenvalue weighted by Gasteiger charge is -2.21. The van der Waals surface area contributed by atoms with Crippen molar-refractivity contribution in [2.75, 3.05) is 23.5 Å². The van der Waals surface area contributed by atoms with Crippen molar-refractivity contribution in [3.8, 4) is 0 Å². The van der Waals surface area contributed by atoms with E-state index >= 15 is 0 Å². The minimum absolute atomic E-state index is 0.107. The van der Waals surface area contributed by atoms with Gasteiger partial charge in [-0.15, -0.1) is 0 Å². The number of hydrogen-bond acceptors (Lipinski definition) is 5. The normalized spacial score (nSPS) is 15.7. The number of halogens is 1. The largest absolute Gasteiger partial charge is 0.321 e. The summed E-state index contributed by atoms with van der Waals surface area (Å²) in [4.78, 5) is 31.7. The Bertz CT molecular complexity index is 1400. The number of rotatable bonds is 4. The molecular formula is C24H21FN4O4S. The second-order valence-electron chi connectivity index (χ2n) is 7.67. The Morgan fingerprint density at radius 2 is 1.59 bits per heavy atom. The fourth-order valence-corrected chi connectivity index (χ4v) is 4.19. The topological polar surface area (TPSA) is 108 Å². The molecule has 1 unspecified atom stereocenters. The lowest BCUT2D eigenvalue weighted by molar-refractivity contribution is -0.119. The average molecular weight is 481 g/mol. The maximum absolute atomic E-state index is 14.7. The van der Waals surface area contributed by atoms with Crippen LogP contribution in [0.2, 0.25) is 0 Å². The predicted octanol–water partition coefficient (Wildman–Crippen LogP) is 3.19. The number of nitrogens with zero attached hydrogens (tertiary/aromatic N) is 2. The van der Waals surface area contributed by atoms with Gasteiger partial charge < -0.3 is 15.5 Å². The Kier molecular flexibility index (Phi) is 6.16. The van der Waals surface area contributed by atoms with Gasteiger partial charge in [-0.25, -0.2) is 22.6 Å². The number of hydrogen-bond donors (Lipinski definition) is 2. The molecule has 1 aliphatic rings. The Morgan fingerprint density at radius 3 is 2.24 bits per heavy atom. The van der Waals surface area contributed by atoms with Crippen molar-refractivity contribution >= 4 is 38.9 Å². The summed E-state index contributed by atoms with van der Waals surface area (Å²) in [5.74, 6) is -1.02. The third-order valence-corrected chi connectivity index (χ3v) is 6.41. The van der Waals surface area contributed by atoms with Crippen LogP contribution >= 0.6 is 0 Å². The smallest absolute Gasteiger partial charge is 0.311 e. The monoisotopic (exact) mass is 480 g/mol. The first-order chi connectivity index (χ1) is 16.1. The molecule has 0 fully saturated rings. The number of urea groups is 1. The highest BCUT2D eigenvalue weighted by Gasteiger charge is 2.31. The molecule has 3 amide bonds. The number of benzodiazepines with no additional fused rings is 1. The summed E-state index contributed by atoms with van der Waals surface area (Å²) in [6.07, 6.45) is -0.248. The first-order valence-corrected chi connectivity index (χ1v) is 12.1. The lowest BCUT2D eigenvalue weighted by atomic mass is 10.00. The Hall–Kier alpha value is -4.05. The van der Waals surface area contributed by atoms with Crippen LogP contribution in [0.3, 0.4) is 0 Å². The molecule has 0 aromatic heterocycles. The Balaban J connectivity index is 1.66. The van der Waals surface area contributed by atoms with Crippen LogP contribution in [0, 0.1) is 5.82 Å². The molecule has 174 valence electrons. The molecule has 2 N–H and O–H groups in total. The minimum atomic E-state index is -3.38. The third-order valence-electron chi connectivity index (χ3n) is 5.28. The number of amides is 3. The molecule has 1 heterocycles. The van der Waals surface area contributed by atoms with E-state index < -0.39 is 33.8 Å². The van der Waals surface area contributed by atoms with Crippen molar-refractivity contribution in [1.29, 1.82) is 0 Å². The van der Waals surface area contributed by atoms with Crippen molar-refractivity contribution < 1.29 is 22.4 Å². The van der Waals surface area contributed by atoms with E-state index in [4.69, 9.17) is 0 Å². The highest BCUT2D eigenvalue weighted by atomic mass is 32.2. The maximum Gasteiger partial charge on any atom is 0.321 e. The molecule has 0 saturated heterocycles. The summed E-state index contributed by atoms with van der Waals surface area (Å²) in [6.45, 7) is 0. The van der Waals surface area contributed by atoms with Crippen molar-refractivity contribution in [3.05, 3.63) is 89.7 Å². The first-order valence-electron chi connectivity index (χ1n) is 10.2. The van der Waals surface area contributed by atoms with Crippen molar-refractivity contribution in [2.24, 2.45) is 4.99 Å². The van der Waals surface area contributed by atoms with Gasteiger partial charge in [0.05, 0.1) is 16.3 Å². The molecule has 8 nitrogen and oxygen atoms in total. The van der Waals surface area contributed by atoms with Crippen molar-refractivity contribution in [1.82, 2.24) is 5.32 Å². The van der Waals surface area contributed by atoms with Crippen LogP contribution in [-0.2, 0) is 14.6 Å². The van der Waals surface area contributed by atoms with Gasteiger partial charge in [-0.1, -0.05) is 30.3 Å². The van der Waals surface area contributed by atoms with Gasteiger partial charge in [-0.3, -0.25) is 4.79 Å². The number of para-hydroxylation sites is 1. The second-order valence-corrected chi connectivity index (χ2v) is 9.69. The summed E-state index contributed by atoms with van der Waals surface area (Å²) in [5, 5.41) is 5.07. The molecule has 3 aromatic rings.